The molecule has 0 saturated carbocycles. The number of anilines is 1. The Labute approximate surface area is 118 Å². The van der Waals surface area contributed by atoms with Crippen molar-refractivity contribution in [1.29, 1.82) is 0 Å². The first kappa shape index (κ1) is 13.6. The Kier molecular flexibility index (Phi) is 4.21. The maximum absolute atomic E-state index is 13.1. The molecule has 0 radical (unpaired) electrons. The summed E-state index contributed by atoms with van der Waals surface area (Å²) in [5, 5.41) is 0. The first-order valence-electron chi connectivity index (χ1n) is 5.47. The number of pyridine rings is 1. The van der Waals surface area contributed by atoms with Crippen LogP contribution in [0.5, 0.6) is 11.6 Å². The lowest BCUT2D eigenvalue weighted by Gasteiger charge is -2.11. The highest BCUT2D eigenvalue weighted by atomic mass is 79.9. The van der Waals surface area contributed by atoms with E-state index in [0.717, 1.165) is 0 Å². The van der Waals surface area contributed by atoms with Crippen LogP contribution in [0.2, 0.25) is 0 Å². The number of methoxy groups -OCH3 is 1. The van der Waals surface area contributed by atoms with Gasteiger partial charge in [0, 0.05) is 12.1 Å². The first-order valence-corrected chi connectivity index (χ1v) is 6.26. The SMILES string of the molecule is COc1cccc(COc2c(N)cc(F)cc2Br)n1. The van der Waals surface area contributed by atoms with Crippen molar-refractivity contribution >= 4 is 21.6 Å². The van der Waals surface area contributed by atoms with Crippen LogP contribution in [0.4, 0.5) is 10.1 Å². The Bertz CT molecular complexity index is 570. The second-order valence-electron chi connectivity index (χ2n) is 3.77. The van der Waals surface area contributed by atoms with Crippen LogP contribution in [-0.2, 0) is 6.61 Å². The van der Waals surface area contributed by atoms with E-state index in [0.29, 0.717) is 21.8 Å². The number of halogens is 2. The normalized spacial score (nSPS) is 10.3. The number of hydrogen-bond acceptors (Lipinski definition) is 4. The van der Waals surface area contributed by atoms with Gasteiger partial charge in [0.25, 0.3) is 0 Å². The van der Waals surface area contributed by atoms with E-state index in [9.17, 15) is 4.39 Å². The molecule has 4 nitrogen and oxygen atoms in total. The maximum atomic E-state index is 13.1. The minimum atomic E-state index is -0.420. The molecule has 1 heterocycles. The molecule has 0 aliphatic rings. The second kappa shape index (κ2) is 5.88. The zero-order valence-corrected chi connectivity index (χ0v) is 11.8. The fourth-order valence-electron chi connectivity index (χ4n) is 1.53. The molecule has 1 aromatic carbocycles. The molecule has 2 N–H and O–H groups in total. The van der Waals surface area contributed by atoms with Gasteiger partial charge in [-0.05, 0) is 28.1 Å². The van der Waals surface area contributed by atoms with Gasteiger partial charge in [-0.15, -0.1) is 0 Å². The van der Waals surface area contributed by atoms with E-state index < -0.39 is 5.82 Å². The van der Waals surface area contributed by atoms with E-state index in [2.05, 4.69) is 20.9 Å². The Morgan fingerprint density at radius 3 is 2.84 bits per heavy atom. The highest BCUT2D eigenvalue weighted by molar-refractivity contribution is 9.10. The molecule has 1 aromatic heterocycles. The topological polar surface area (TPSA) is 57.4 Å². The van der Waals surface area contributed by atoms with Crippen molar-refractivity contribution in [2.75, 3.05) is 12.8 Å². The molecule has 0 aliphatic carbocycles. The molecule has 100 valence electrons. The average molecular weight is 327 g/mol. The standard InChI is InChI=1S/C13H12BrFN2O2/c1-18-12-4-2-3-9(17-12)7-19-13-10(14)5-8(15)6-11(13)16/h2-6H,7,16H2,1H3. The van der Waals surface area contributed by atoms with Crippen LogP contribution in [0.25, 0.3) is 0 Å². The third kappa shape index (κ3) is 3.35. The monoisotopic (exact) mass is 326 g/mol. The molecule has 6 heteroatoms. The van der Waals surface area contributed by atoms with Crippen molar-refractivity contribution in [2.24, 2.45) is 0 Å². The summed E-state index contributed by atoms with van der Waals surface area (Å²) in [5.41, 5.74) is 6.62. The van der Waals surface area contributed by atoms with Crippen LogP contribution in [0.3, 0.4) is 0 Å². The van der Waals surface area contributed by atoms with Gasteiger partial charge in [0.15, 0.2) is 5.75 Å². The summed E-state index contributed by atoms with van der Waals surface area (Å²) in [5.74, 6) is 0.481. The molecule has 2 rings (SSSR count). The average Bonchev–Trinajstić information content (AvgIpc) is 2.37. The Morgan fingerprint density at radius 2 is 2.16 bits per heavy atom. The quantitative estimate of drug-likeness (QED) is 0.877. The summed E-state index contributed by atoms with van der Waals surface area (Å²) in [7, 11) is 1.54. The van der Waals surface area contributed by atoms with Gasteiger partial charge in [0.1, 0.15) is 12.4 Å². The van der Waals surface area contributed by atoms with Crippen molar-refractivity contribution in [3.63, 3.8) is 0 Å². The lowest BCUT2D eigenvalue weighted by molar-refractivity contribution is 0.297. The van der Waals surface area contributed by atoms with Crippen molar-refractivity contribution in [1.82, 2.24) is 4.98 Å². The predicted octanol–water partition coefficient (Wildman–Crippen LogP) is 3.15. The molecule has 0 aliphatic heterocycles. The van der Waals surface area contributed by atoms with Gasteiger partial charge in [-0.25, -0.2) is 9.37 Å². The summed E-state index contributed by atoms with van der Waals surface area (Å²) in [6, 6.07) is 7.86. The van der Waals surface area contributed by atoms with Gasteiger partial charge < -0.3 is 15.2 Å². The number of aromatic nitrogens is 1. The largest absolute Gasteiger partial charge is 0.484 e. The molecule has 0 unspecified atom stereocenters. The van der Waals surface area contributed by atoms with Crippen molar-refractivity contribution < 1.29 is 13.9 Å². The van der Waals surface area contributed by atoms with Gasteiger partial charge in [0.05, 0.1) is 23.0 Å². The molecule has 0 atom stereocenters. The molecule has 0 amide bonds. The van der Waals surface area contributed by atoms with Gasteiger partial charge in [0.2, 0.25) is 5.88 Å². The van der Waals surface area contributed by atoms with Crippen molar-refractivity contribution in [3.8, 4) is 11.6 Å². The van der Waals surface area contributed by atoms with E-state index >= 15 is 0 Å². The van der Waals surface area contributed by atoms with Crippen LogP contribution in [0, 0.1) is 5.82 Å². The van der Waals surface area contributed by atoms with Gasteiger partial charge in [-0.2, -0.15) is 0 Å². The van der Waals surface area contributed by atoms with E-state index in [1.165, 1.54) is 12.1 Å². The zero-order chi connectivity index (χ0) is 13.8. The Balaban J connectivity index is 2.14. The number of nitrogens with two attached hydrogens (primary N) is 1. The first-order chi connectivity index (χ1) is 9.10. The van der Waals surface area contributed by atoms with Gasteiger partial charge >= 0.3 is 0 Å². The summed E-state index contributed by atoms with van der Waals surface area (Å²) in [4.78, 5) is 4.21. The molecule has 0 bridgehead atoms. The Hall–Kier alpha value is -1.82. The summed E-state index contributed by atoms with van der Waals surface area (Å²) < 4.78 is 24.1. The number of nitrogen functional groups attached to an aromatic ring is 1. The number of rotatable bonds is 4. The molecule has 19 heavy (non-hydrogen) atoms. The smallest absolute Gasteiger partial charge is 0.213 e. The van der Waals surface area contributed by atoms with Gasteiger partial charge in [-0.3, -0.25) is 0 Å². The van der Waals surface area contributed by atoms with Crippen LogP contribution < -0.4 is 15.2 Å². The lowest BCUT2D eigenvalue weighted by Crippen LogP contribution is -2.02. The van der Waals surface area contributed by atoms with Crippen LogP contribution in [0.15, 0.2) is 34.8 Å². The minimum Gasteiger partial charge on any atom is -0.484 e. The fraction of sp³-hybridized carbons (Fsp3) is 0.154. The van der Waals surface area contributed by atoms with E-state index in [1.807, 2.05) is 6.07 Å². The summed E-state index contributed by atoms with van der Waals surface area (Å²) >= 11 is 3.21. The molecule has 0 saturated heterocycles. The van der Waals surface area contributed by atoms with E-state index in [1.54, 1.807) is 19.2 Å². The second-order valence-corrected chi connectivity index (χ2v) is 4.62. The van der Waals surface area contributed by atoms with Crippen LogP contribution in [0.1, 0.15) is 5.69 Å². The van der Waals surface area contributed by atoms with Crippen molar-refractivity contribution in [3.05, 3.63) is 46.3 Å². The molecular formula is C13H12BrFN2O2. The molecular weight excluding hydrogens is 315 g/mol. The lowest BCUT2D eigenvalue weighted by atomic mass is 10.3. The van der Waals surface area contributed by atoms with E-state index in [4.69, 9.17) is 15.2 Å². The number of benzene rings is 1. The van der Waals surface area contributed by atoms with Crippen molar-refractivity contribution in [2.45, 2.75) is 6.61 Å². The maximum Gasteiger partial charge on any atom is 0.213 e. The third-order valence-electron chi connectivity index (χ3n) is 2.39. The number of nitrogens with zero attached hydrogens (tertiary/aromatic N) is 1. The fourth-order valence-corrected chi connectivity index (χ4v) is 2.09. The minimum absolute atomic E-state index is 0.214. The molecule has 2 aromatic rings. The number of ether oxygens (including phenoxy) is 2. The Morgan fingerprint density at radius 1 is 1.37 bits per heavy atom. The summed E-state index contributed by atoms with van der Waals surface area (Å²) in [6.45, 7) is 0.214. The van der Waals surface area contributed by atoms with Crippen LogP contribution >= 0.6 is 15.9 Å². The highest BCUT2D eigenvalue weighted by Gasteiger charge is 2.09. The highest BCUT2D eigenvalue weighted by Crippen LogP contribution is 2.32. The molecule has 0 spiro atoms. The van der Waals surface area contributed by atoms with E-state index in [-0.39, 0.29) is 12.3 Å². The van der Waals surface area contributed by atoms with Gasteiger partial charge in [-0.1, -0.05) is 6.07 Å². The zero-order valence-electron chi connectivity index (χ0n) is 10.2. The summed E-state index contributed by atoms with van der Waals surface area (Å²) in [6.07, 6.45) is 0. The molecule has 0 fully saturated rings. The van der Waals surface area contributed by atoms with Crippen LogP contribution in [-0.4, -0.2) is 12.1 Å². The number of hydrogen-bond donors (Lipinski definition) is 1. The predicted molar refractivity (Wildman–Crippen MR) is 73.6 cm³/mol. The third-order valence-corrected chi connectivity index (χ3v) is 2.98.